The van der Waals surface area contributed by atoms with Crippen LogP contribution in [0.25, 0.3) is 0 Å². The lowest BCUT2D eigenvalue weighted by atomic mass is 9.93. The van der Waals surface area contributed by atoms with Gasteiger partial charge in [-0.1, -0.05) is 25.5 Å². The summed E-state index contributed by atoms with van der Waals surface area (Å²) in [5.74, 6) is 1.82. The standard InChI is InChI=1S/C9H16/c1-7(2)9-5-4-8(3)6-9/h4,7,9H,5-6H2,1-3H3/t9-/m0/s1. The second kappa shape index (κ2) is 2.55. The molecule has 0 heteroatoms. The molecule has 0 bridgehead atoms. The zero-order valence-electron chi connectivity index (χ0n) is 6.65. The minimum atomic E-state index is 0.874. The van der Waals surface area contributed by atoms with Crippen LogP contribution in [0.15, 0.2) is 11.6 Å². The van der Waals surface area contributed by atoms with Crippen LogP contribution in [0, 0.1) is 11.8 Å². The lowest BCUT2D eigenvalue weighted by Gasteiger charge is -2.12. The molecule has 0 nitrogen and oxygen atoms in total. The van der Waals surface area contributed by atoms with Crippen LogP contribution in [0.2, 0.25) is 0 Å². The van der Waals surface area contributed by atoms with Crippen LogP contribution >= 0.6 is 0 Å². The van der Waals surface area contributed by atoms with E-state index in [9.17, 15) is 0 Å². The van der Waals surface area contributed by atoms with E-state index in [0.717, 1.165) is 11.8 Å². The maximum atomic E-state index is 2.38. The largest absolute Gasteiger partial charge is 0.0853 e. The molecule has 0 heterocycles. The number of rotatable bonds is 1. The van der Waals surface area contributed by atoms with Gasteiger partial charge < -0.3 is 0 Å². The van der Waals surface area contributed by atoms with Crippen molar-refractivity contribution in [3.63, 3.8) is 0 Å². The molecule has 0 spiro atoms. The second-order valence-electron chi connectivity index (χ2n) is 3.49. The molecular formula is C9H16. The molecule has 1 aliphatic rings. The molecule has 0 N–H and O–H groups in total. The minimum Gasteiger partial charge on any atom is -0.0853 e. The van der Waals surface area contributed by atoms with E-state index in [1.165, 1.54) is 12.8 Å². The summed E-state index contributed by atoms with van der Waals surface area (Å²) in [5.41, 5.74) is 1.59. The summed E-state index contributed by atoms with van der Waals surface area (Å²) >= 11 is 0. The molecule has 0 radical (unpaired) electrons. The zero-order valence-corrected chi connectivity index (χ0v) is 6.65. The van der Waals surface area contributed by atoms with Gasteiger partial charge in [-0.3, -0.25) is 0 Å². The average Bonchev–Trinajstić information content (AvgIpc) is 2.14. The van der Waals surface area contributed by atoms with E-state index in [2.05, 4.69) is 26.8 Å². The first kappa shape index (κ1) is 6.85. The van der Waals surface area contributed by atoms with Crippen molar-refractivity contribution in [2.24, 2.45) is 11.8 Å². The van der Waals surface area contributed by atoms with Crippen molar-refractivity contribution < 1.29 is 0 Å². The Hall–Kier alpha value is -0.260. The summed E-state index contributed by atoms with van der Waals surface area (Å²) in [5, 5.41) is 0. The van der Waals surface area contributed by atoms with Crippen LogP contribution in [0.5, 0.6) is 0 Å². The van der Waals surface area contributed by atoms with Gasteiger partial charge in [-0.15, -0.1) is 0 Å². The van der Waals surface area contributed by atoms with Crippen LogP contribution in [0.1, 0.15) is 33.6 Å². The van der Waals surface area contributed by atoms with Crippen molar-refractivity contribution in [2.75, 3.05) is 0 Å². The highest BCUT2D eigenvalue weighted by molar-refractivity contribution is 5.07. The molecule has 0 aromatic rings. The summed E-state index contributed by atoms with van der Waals surface area (Å²) in [7, 11) is 0. The Morgan fingerprint density at radius 1 is 1.56 bits per heavy atom. The van der Waals surface area contributed by atoms with Gasteiger partial charge in [0.1, 0.15) is 0 Å². The fraction of sp³-hybridized carbons (Fsp3) is 0.778. The molecule has 0 unspecified atom stereocenters. The quantitative estimate of drug-likeness (QED) is 0.471. The predicted molar refractivity (Wildman–Crippen MR) is 41.3 cm³/mol. The Morgan fingerprint density at radius 3 is 2.44 bits per heavy atom. The Kier molecular flexibility index (Phi) is 1.94. The third-order valence-electron chi connectivity index (χ3n) is 2.30. The van der Waals surface area contributed by atoms with Gasteiger partial charge in [-0.2, -0.15) is 0 Å². The number of hydrogen-bond acceptors (Lipinski definition) is 0. The van der Waals surface area contributed by atoms with E-state index in [1.54, 1.807) is 5.57 Å². The van der Waals surface area contributed by atoms with Crippen molar-refractivity contribution >= 4 is 0 Å². The molecular weight excluding hydrogens is 108 g/mol. The monoisotopic (exact) mass is 124 g/mol. The van der Waals surface area contributed by atoms with Crippen LogP contribution < -0.4 is 0 Å². The Balaban J connectivity index is 2.37. The fourth-order valence-corrected chi connectivity index (χ4v) is 1.44. The van der Waals surface area contributed by atoms with E-state index in [-0.39, 0.29) is 0 Å². The van der Waals surface area contributed by atoms with Gasteiger partial charge in [0.25, 0.3) is 0 Å². The summed E-state index contributed by atoms with van der Waals surface area (Å²) in [6.07, 6.45) is 5.05. The predicted octanol–water partition coefficient (Wildman–Crippen LogP) is 3.00. The van der Waals surface area contributed by atoms with E-state index >= 15 is 0 Å². The third kappa shape index (κ3) is 1.57. The Bertz CT molecular complexity index is 120. The highest BCUT2D eigenvalue weighted by Crippen LogP contribution is 2.29. The Labute approximate surface area is 58.0 Å². The molecule has 0 fully saturated rings. The first-order valence-electron chi connectivity index (χ1n) is 3.86. The summed E-state index contributed by atoms with van der Waals surface area (Å²) in [4.78, 5) is 0. The number of allylic oxidation sites excluding steroid dienone is 2. The molecule has 1 aliphatic carbocycles. The van der Waals surface area contributed by atoms with E-state index in [1.807, 2.05) is 0 Å². The van der Waals surface area contributed by atoms with Gasteiger partial charge in [0.15, 0.2) is 0 Å². The van der Waals surface area contributed by atoms with E-state index < -0.39 is 0 Å². The van der Waals surface area contributed by atoms with Gasteiger partial charge in [0.05, 0.1) is 0 Å². The van der Waals surface area contributed by atoms with Crippen molar-refractivity contribution in [1.82, 2.24) is 0 Å². The van der Waals surface area contributed by atoms with Crippen molar-refractivity contribution in [1.29, 1.82) is 0 Å². The maximum absolute atomic E-state index is 2.38. The fourth-order valence-electron chi connectivity index (χ4n) is 1.44. The van der Waals surface area contributed by atoms with Crippen molar-refractivity contribution in [3.05, 3.63) is 11.6 Å². The van der Waals surface area contributed by atoms with Crippen LogP contribution in [-0.4, -0.2) is 0 Å². The SMILES string of the molecule is CC1=CC[C@H](C(C)C)C1. The molecule has 1 rings (SSSR count). The van der Waals surface area contributed by atoms with E-state index in [0.29, 0.717) is 0 Å². The van der Waals surface area contributed by atoms with Gasteiger partial charge in [0, 0.05) is 0 Å². The highest BCUT2D eigenvalue weighted by Gasteiger charge is 2.16. The van der Waals surface area contributed by atoms with Gasteiger partial charge >= 0.3 is 0 Å². The highest BCUT2D eigenvalue weighted by atomic mass is 14.2. The normalized spacial score (nSPS) is 27.1. The molecule has 9 heavy (non-hydrogen) atoms. The summed E-state index contributed by atoms with van der Waals surface area (Å²) in [6, 6.07) is 0. The molecule has 0 saturated heterocycles. The lowest BCUT2D eigenvalue weighted by Crippen LogP contribution is -2.03. The third-order valence-corrected chi connectivity index (χ3v) is 2.30. The molecule has 0 aliphatic heterocycles. The lowest BCUT2D eigenvalue weighted by molar-refractivity contribution is 0.405. The second-order valence-corrected chi connectivity index (χ2v) is 3.49. The van der Waals surface area contributed by atoms with Crippen molar-refractivity contribution in [2.45, 2.75) is 33.6 Å². The zero-order chi connectivity index (χ0) is 6.85. The Morgan fingerprint density at radius 2 is 2.22 bits per heavy atom. The number of hydrogen-bond donors (Lipinski definition) is 0. The van der Waals surface area contributed by atoms with Gasteiger partial charge in [-0.05, 0) is 31.6 Å². The topological polar surface area (TPSA) is 0 Å². The molecule has 0 amide bonds. The smallest absolute Gasteiger partial charge is 0.0289 e. The summed E-state index contributed by atoms with van der Waals surface area (Å²) < 4.78 is 0. The average molecular weight is 124 g/mol. The summed E-state index contributed by atoms with van der Waals surface area (Å²) in [6.45, 7) is 6.87. The molecule has 1 atom stereocenters. The first-order chi connectivity index (χ1) is 4.20. The van der Waals surface area contributed by atoms with Crippen LogP contribution in [0.4, 0.5) is 0 Å². The van der Waals surface area contributed by atoms with Gasteiger partial charge in [0.2, 0.25) is 0 Å². The minimum absolute atomic E-state index is 0.874. The molecule has 0 saturated carbocycles. The molecule has 52 valence electrons. The maximum Gasteiger partial charge on any atom is -0.0289 e. The first-order valence-corrected chi connectivity index (χ1v) is 3.86. The molecule has 0 aromatic carbocycles. The van der Waals surface area contributed by atoms with Crippen molar-refractivity contribution in [3.8, 4) is 0 Å². The van der Waals surface area contributed by atoms with Crippen LogP contribution in [-0.2, 0) is 0 Å². The van der Waals surface area contributed by atoms with Gasteiger partial charge in [-0.25, -0.2) is 0 Å². The van der Waals surface area contributed by atoms with E-state index in [4.69, 9.17) is 0 Å². The van der Waals surface area contributed by atoms with Crippen LogP contribution in [0.3, 0.4) is 0 Å². The molecule has 0 aromatic heterocycles.